The van der Waals surface area contributed by atoms with Gasteiger partial charge in [0, 0.05) is 19.2 Å². The average molecular weight is 452 g/mol. The highest BCUT2D eigenvalue weighted by atomic mass is 32.2. The van der Waals surface area contributed by atoms with Crippen molar-refractivity contribution in [1.82, 2.24) is 9.46 Å². The number of nitrogens with one attached hydrogen (secondary N) is 1. The molecule has 0 spiro atoms. The summed E-state index contributed by atoms with van der Waals surface area (Å²) in [6.07, 6.45) is -1.61. The summed E-state index contributed by atoms with van der Waals surface area (Å²) >= 11 is 0. The van der Waals surface area contributed by atoms with Crippen molar-refractivity contribution in [3.05, 3.63) is 41.6 Å². The second kappa shape index (κ2) is 9.16. The van der Waals surface area contributed by atoms with Crippen molar-refractivity contribution in [2.75, 3.05) is 18.4 Å². The third-order valence-corrected chi connectivity index (χ3v) is 6.45. The van der Waals surface area contributed by atoms with Crippen LogP contribution in [0.15, 0.2) is 39.8 Å². The first-order valence-corrected chi connectivity index (χ1v) is 11.2. The van der Waals surface area contributed by atoms with Gasteiger partial charge in [-0.1, -0.05) is 11.2 Å². The number of esters is 1. The van der Waals surface area contributed by atoms with Crippen molar-refractivity contribution in [3.63, 3.8) is 0 Å². The molecule has 2 aromatic rings. The molecule has 1 N–H and O–H groups in total. The van der Waals surface area contributed by atoms with Crippen LogP contribution in [0.2, 0.25) is 0 Å². The zero-order valence-corrected chi connectivity index (χ0v) is 18.5. The Balaban J connectivity index is 1.70. The number of sulfonamides is 1. The minimum absolute atomic E-state index is 0.0191. The van der Waals surface area contributed by atoms with E-state index in [9.17, 15) is 18.0 Å². The maximum atomic E-state index is 13.0. The molecule has 168 valence electrons. The fourth-order valence-electron chi connectivity index (χ4n) is 3.19. The Labute approximate surface area is 180 Å². The number of aryl methyl sites for hydroxylation is 1. The molecule has 0 radical (unpaired) electrons. The van der Waals surface area contributed by atoms with Crippen LogP contribution in [-0.2, 0) is 24.3 Å². The first-order chi connectivity index (χ1) is 14.6. The van der Waals surface area contributed by atoms with Gasteiger partial charge in [0.2, 0.25) is 15.9 Å². The van der Waals surface area contributed by atoms with Gasteiger partial charge in [0.25, 0.3) is 5.91 Å². The lowest BCUT2D eigenvalue weighted by atomic mass is 10.2. The summed E-state index contributed by atoms with van der Waals surface area (Å²) < 4.78 is 43.1. The van der Waals surface area contributed by atoms with Crippen molar-refractivity contribution in [3.8, 4) is 0 Å². The van der Waals surface area contributed by atoms with Crippen LogP contribution < -0.4 is 5.32 Å². The highest BCUT2D eigenvalue weighted by Gasteiger charge is 2.32. The SMILES string of the molecule is Cc1cc(NC(=O)[C@@H](C)OC(=O)c2cccc(S(=O)(=O)N3C[C@@H](C)O[C@H](C)C3)c2)on1. The van der Waals surface area contributed by atoms with Gasteiger partial charge < -0.3 is 14.0 Å². The zero-order chi connectivity index (χ0) is 22.8. The number of rotatable bonds is 6. The lowest BCUT2D eigenvalue weighted by Gasteiger charge is -2.34. The number of benzene rings is 1. The molecule has 1 aliphatic heterocycles. The quantitative estimate of drug-likeness (QED) is 0.660. The minimum Gasteiger partial charge on any atom is -0.449 e. The summed E-state index contributed by atoms with van der Waals surface area (Å²) in [4.78, 5) is 24.7. The summed E-state index contributed by atoms with van der Waals surface area (Å²) in [6, 6.07) is 7.06. The molecular weight excluding hydrogens is 426 g/mol. The fraction of sp³-hybridized carbons (Fsp3) is 0.450. The van der Waals surface area contributed by atoms with Crippen molar-refractivity contribution in [1.29, 1.82) is 0 Å². The molecule has 1 aromatic carbocycles. The van der Waals surface area contributed by atoms with Gasteiger partial charge in [0.05, 0.1) is 28.4 Å². The molecule has 1 aliphatic rings. The molecule has 0 bridgehead atoms. The van der Waals surface area contributed by atoms with E-state index in [1.54, 1.807) is 20.8 Å². The van der Waals surface area contributed by atoms with E-state index in [4.69, 9.17) is 14.0 Å². The van der Waals surface area contributed by atoms with Crippen LogP contribution >= 0.6 is 0 Å². The summed E-state index contributed by atoms with van der Waals surface area (Å²) in [5, 5.41) is 6.10. The predicted molar refractivity (Wildman–Crippen MR) is 110 cm³/mol. The first-order valence-electron chi connectivity index (χ1n) is 9.77. The van der Waals surface area contributed by atoms with Crippen molar-refractivity contribution in [2.24, 2.45) is 0 Å². The third-order valence-electron chi connectivity index (χ3n) is 4.62. The predicted octanol–water partition coefficient (Wildman–Crippen LogP) is 1.96. The Hall–Kier alpha value is -2.76. The van der Waals surface area contributed by atoms with E-state index in [2.05, 4.69) is 10.5 Å². The Kier molecular flexibility index (Phi) is 6.77. The molecule has 0 unspecified atom stereocenters. The second-order valence-electron chi connectivity index (χ2n) is 7.48. The maximum Gasteiger partial charge on any atom is 0.338 e. The smallest absolute Gasteiger partial charge is 0.338 e. The van der Waals surface area contributed by atoms with Crippen LogP contribution in [0.4, 0.5) is 5.88 Å². The van der Waals surface area contributed by atoms with E-state index in [0.717, 1.165) is 0 Å². The van der Waals surface area contributed by atoms with E-state index in [-0.39, 0.29) is 41.6 Å². The molecule has 10 nitrogen and oxygen atoms in total. The molecule has 0 saturated carbocycles. The van der Waals surface area contributed by atoms with Crippen LogP contribution in [0.3, 0.4) is 0 Å². The fourth-order valence-corrected chi connectivity index (χ4v) is 4.82. The van der Waals surface area contributed by atoms with Crippen LogP contribution in [0.25, 0.3) is 0 Å². The van der Waals surface area contributed by atoms with Gasteiger partial charge in [-0.3, -0.25) is 10.1 Å². The molecule has 3 rings (SSSR count). The van der Waals surface area contributed by atoms with E-state index < -0.39 is 28.0 Å². The number of amides is 1. The lowest BCUT2D eigenvalue weighted by Crippen LogP contribution is -2.48. The Morgan fingerprint density at radius 2 is 1.90 bits per heavy atom. The monoisotopic (exact) mass is 451 g/mol. The molecule has 11 heteroatoms. The van der Waals surface area contributed by atoms with Gasteiger partial charge in [0.15, 0.2) is 6.10 Å². The topological polar surface area (TPSA) is 128 Å². The highest BCUT2D eigenvalue weighted by molar-refractivity contribution is 7.89. The highest BCUT2D eigenvalue weighted by Crippen LogP contribution is 2.22. The molecule has 31 heavy (non-hydrogen) atoms. The number of aromatic nitrogens is 1. The first kappa shape index (κ1) is 22.9. The van der Waals surface area contributed by atoms with Gasteiger partial charge in [-0.05, 0) is 45.9 Å². The largest absolute Gasteiger partial charge is 0.449 e. The van der Waals surface area contributed by atoms with Crippen LogP contribution in [-0.4, -0.2) is 61.2 Å². The Morgan fingerprint density at radius 1 is 1.23 bits per heavy atom. The van der Waals surface area contributed by atoms with E-state index in [0.29, 0.717) is 5.69 Å². The molecule has 0 aliphatic carbocycles. The summed E-state index contributed by atoms with van der Waals surface area (Å²) in [6.45, 7) is 7.14. The standard InChI is InChI=1S/C20H25N3O7S/c1-12-8-18(30-22-12)21-19(24)15(4)29-20(25)16-6-5-7-17(9-16)31(26,27)23-10-13(2)28-14(3)11-23/h5-9,13-15H,10-11H2,1-4H3,(H,21,24)/t13-,14-,15-/m1/s1. The number of carbonyl (C=O) groups is 2. The molecule has 2 heterocycles. The number of hydrogen-bond donors (Lipinski definition) is 1. The second-order valence-corrected chi connectivity index (χ2v) is 9.41. The average Bonchev–Trinajstić information content (AvgIpc) is 3.11. The molecule has 1 amide bonds. The van der Waals surface area contributed by atoms with Gasteiger partial charge in [0.1, 0.15) is 0 Å². The van der Waals surface area contributed by atoms with Crippen molar-refractivity contribution < 1.29 is 32.0 Å². The van der Waals surface area contributed by atoms with Gasteiger partial charge in [-0.15, -0.1) is 0 Å². The lowest BCUT2D eigenvalue weighted by molar-refractivity contribution is -0.123. The van der Waals surface area contributed by atoms with E-state index >= 15 is 0 Å². The molecule has 1 fully saturated rings. The molecule has 1 saturated heterocycles. The molecule has 3 atom stereocenters. The normalized spacial score (nSPS) is 20.8. The maximum absolute atomic E-state index is 13.0. The van der Waals surface area contributed by atoms with Crippen LogP contribution in [0, 0.1) is 6.92 Å². The third kappa shape index (κ3) is 5.49. The summed E-state index contributed by atoms with van der Waals surface area (Å²) in [5.74, 6) is -1.30. The van der Waals surface area contributed by atoms with Gasteiger partial charge in [-0.25, -0.2) is 13.2 Å². The number of nitrogens with zero attached hydrogens (tertiary/aromatic N) is 2. The van der Waals surface area contributed by atoms with E-state index in [1.165, 1.54) is 41.6 Å². The Morgan fingerprint density at radius 3 is 2.52 bits per heavy atom. The number of hydrogen-bond acceptors (Lipinski definition) is 8. The number of ether oxygens (including phenoxy) is 2. The van der Waals surface area contributed by atoms with Gasteiger partial charge >= 0.3 is 5.97 Å². The number of morpholine rings is 1. The zero-order valence-electron chi connectivity index (χ0n) is 17.7. The van der Waals surface area contributed by atoms with Crippen LogP contribution in [0.5, 0.6) is 0 Å². The summed E-state index contributed by atoms with van der Waals surface area (Å²) in [7, 11) is -3.82. The van der Waals surface area contributed by atoms with Crippen LogP contribution in [0.1, 0.15) is 36.8 Å². The number of anilines is 1. The summed E-state index contributed by atoms with van der Waals surface area (Å²) in [5.41, 5.74) is 0.604. The van der Waals surface area contributed by atoms with Crippen molar-refractivity contribution >= 4 is 27.8 Å². The molecule has 1 aromatic heterocycles. The molecular formula is C20H25N3O7S. The minimum atomic E-state index is -3.82. The number of carbonyl (C=O) groups excluding carboxylic acids is 2. The van der Waals surface area contributed by atoms with Crippen molar-refractivity contribution in [2.45, 2.75) is 50.9 Å². The van der Waals surface area contributed by atoms with E-state index in [1.807, 2.05) is 0 Å². The Bertz CT molecular complexity index is 1060. The van der Waals surface area contributed by atoms with Gasteiger partial charge in [-0.2, -0.15) is 4.31 Å².